The minimum absolute atomic E-state index is 0.122. The van der Waals surface area contributed by atoms with E-state index >= 15 is 0 Å². The van der Waals surface area contributed by atoms with Crippen LogP contribution in [-0.2, 0) is 20.2 Å². The van der Waals surface area contributed by atoms with Crippen LogP contribution in [0.15, 0.2) is 158 Å². The van der Waals surface area contributed by atoms with Crippen LogP contribution in [0.4, 0.5) is 22.7 Å². The molecule has 0 aliphatic heterocycles. The molecular formula is C41H32N4O10S2. The molecule has 0 spiro atoms. The highest BCUT2D eigenvalue weighted by Gasteiger charge is 2.23. The van der Waals surface area contributed by atoms with E-state index in [0.29, 0.717) is 11.5 Å². The van der Waals surface area contributed by atoms with Crippen LogP contribution in [0.5, 0.6) is 23.0 Å². The van der Waals surface area contributed by atoms with Gasteiger partial charge in [0.05, 0.1) is 14.2 Å². The highest BCUT2D eigenvalue weighted by molar-refractivity contribution is 7.86. The molecule has 7 rings (SSSR count). The number of benzene rings is 7. The SMILES string of the molecule is COc1cc(C(c2ccccc2)c2ccc(/N=N/c3cc(S(=O)(=O)O)c4ccccc4c3O)c(OC)c2)ccc1/N=N/c1cc(S(=O)(=O)O)c2ccccc2c1O. The number of aromatic hydroxyl groups is 2. The molecule has 0 atom stereocenters. The maximum Gasteiger partial charge on any atom is 0.295 e. The number of azo groups is 2. The molecule has 0 bridgehead atoms. The maximum absolute atomic E-state index is 12.2. The fourth-order valence-corrected chi connectivity index (χ4v) is 7.99. The minimum Gasteiger partial charge on any atom is -0.505 e. The Balaban J connectivity index is 1.26. The molecule has 0 unspecified atom stereocenters. The zero-order valence-electron chi connectivity index (χ0n) is 30.0. The van der Waals surface area contributed by atoms with Gasteiger partial charge in [-0.1, -0.05) is 91.0 Å². The summed E-state index contributed by atoms with van der Waals surface area (Å²) < 4.78 is 79.9. The van der Waals surface area contributed by atoms with Gasteiger partial charge in [-0.2, -0.15) is 16.8 Å². The number of phenolic OH excluding ortho intramolecular Hbond substituents is 2. The summed E-state index contributed by atoms with van der Waals surface area (Å²) in [6, 6.07) is 34.4. The number of nitrogens with zero attached hydrogens (tertiary/aromatic N) is 4. The van der Waals surface area contributed by atoms with Gasteiger partial charge in [0.25, 0.3) is 20.2 Å². The third-order valence-electron chi connectivity index (χ3n) is 9.21. The van der Waals surface area contributed by atoms with E-state index in [1.54, 1.807) is 48.5 Å². The molecule has 57 heavy (non-hydrogen) atoms. The molecule has 0 heterocycles. The Kier molecular flexibility index (Phi) is 10.4. The summed E-state index contributed by atoms with van der Waals surface area (Å²) in [5.74, 6) is -0.422. The van der Waals surface area contributed by atoms with E-state index in [9.17, 15) is 36.2 Å². The summed E-state index contributed by atoms with van der Waals surface area (Å²) in [4.78, 5) is -0.863. The van der Waals surface area contributed by atoms with Crippen molar-refractivity contribution in [3.05, 3.63) is 144 Å². The first-order valence-corrected chi connectivity index (χ1v) is 19.8. The van der Waals surface area contributed by atoms with Gasteiger partial charge in [-0.3, -0.25) is 9.11 Å². The van der Waals surface area contributed by atoms with Crippen LogP contribution in [-0.4, -0.2) is 50.4 Å². The van der Waals surface area contributed by atoms with Crippen LogP contribution < -0.4 is 9.47 Å². The lowest BCUT2D eigenvalue weighted by atomic mass is 9.84. The predicted molar refractivity (Wildman–Crippen MR) is 213 cm³/mol. The van der Waals surface area contributed by atoms with Crippen LogP contribution >= 0.6 is 0 Å². The van der Waals surface area contributed by atoms with Crippen molar-refractivity contribution in [3.63, 3.8) is 0 Å². The van der Waals surface area contributed by atoms with Crippen molar-refractivity contribution in [2.24, 2.45) is 20.5 Å². The van der Waals surface area contributed by atoms with Crippen molar-refractivity contribution >= 4 is 64.5 Å². The maximum atomic E-state index is 12.2. The van der Waals surface area contributed by atoms with E-state index in [0.717, 1.165) is 28.8 Å². The number of phenols is 2. The Labute approximate surface area is 326 Å². The Bertz CT molecular complexity index is 2790. The van der Waals surface area contributed by atoms with E-state index in [1.165, 1.54) is 38.5 Å². The van der Waals surface area contributed by atoms with Crippen LogP contribution in [0.2, 0.25) is 0 Å². The Morgan fingerprint density at radius 3 is 1.21 bits per heavy atom. The van der Waals surface area contributed by atoms with Crippen molar-refractivity contribution in [1.29, 1.82) is 0 Å². The summed E-state index contributed by atoms with van der Waals surface area (Å²) in [5, 5.41) is 39.2. The lowest BCUT2D eigenvalue weighted by molar-refractivity contribution is 0.414. The molecule has 0 aliphatic carbocycles. The van der Waals surface area contributed by atoms with Gasteiger partial charge < -0.3 is 19.7 Å². The number of hydrogen-bond donors (Lipinski definition) is 4. The van der Waals surface area contributed by atoms with Gasteiger partial charge in [-0.15, -0.1) is 20.5 Å². The minimum atomic E-state index is -4.67. The fraction of sp³-hybridized carbons (Fsp3) is 0.0732. The number of methoxy groups -OCH3 is 2. The van der Waals surface area contributed by atoms with Gasteiger partial charge in [0, 0.05) is 27.5 Å². The molecule has 0 amide bonds. The smallest absolute Gasteiger partial charge is 0.295 e. The fourth-order valence-electron chi connectivity index (χ4n) is 6.56. The third kappa shape index (κ3) is 7.74. The van der Waals surface area contributed by atoms with Gasteiger partial charge in [-0.25, -0.2) is 0 Å². The van der Waals surface area contributed by atoms with Crippen molar-refractivity contribution in [3.8, 4) is 23.0 Å². The van der Waals surface area contributed by atoms with Crippen molar-refractivity contribution in [2.45, 2.75) is 15.7 Å². The highest BCUT2D eigenvalue weighted by Crippen LogP contribution is 2.44. The molecule has 16 heteroatoms. The second kappa shape index (κ2) is 15.4. The highest BCUT2D eigenvalue weighted by atomic mass is 32.2. The standard InChI is InChI=1S/C41H32N4O10S2/c1-54-35-20-25(16-18-31(35)42-44-33-22-37(56(48,49)50)27-12-6-8-14-29(27)40(33)46)39(24-10-4-3-5-11-24)26-17-19-32(36(21-26)55-2)43-45-34-23-38(57(51,52)53)28-13-7-9-15-30(28)41(34)47/h3-23,39,46-47H,1-2H3,(H,48,49,50)(H,51,52,53)/b44-42+,45-43+. The third-order valence-corrected chi connectivity index (χ3v) is 11.0. The van der Waals surface area contributed by atoms with Crippen LogP contribution in [0.3, 0.4) is 0 Å². The molecular weight excluding hydrogens is 773 g/mol. The first-order chi connectivity index (χ1) is 27.3. The Morgan fingerprint density at radius 1 is 0.456 bits per heavy atom. The molecule has 288 valence electrons. The van der Waals surface area contributed by atoms with Crippen LogP contribution in [0.1, 0.15) is 22.6 Å². The molecule has 7 aromatic rings. The van der Waals surface area contributed by atoms with Crippen LogP contribution in [0, 0.1) is 0 Å². The van der Waals surface area contributed by atoms with Crippen molar-refractivity contribution in [2.75, 3.05) is 14.2 Å². The summed E-state index contributed by atoms with van der Waals surface area (Å²) >= 11 is 0. The number of ether oxygens (including phenoxy) is 2. The van der Waals surface area contributed by atoms with Crippen LogP contribution in [0.25, 0.3) is 21.5 Å². The lowest BCUT2D eigenvalue weighted by Gasteiger charge is -2.21. The number of hydrogen-bond acceptors (Lipinski definition) is 12. The average Bonchev–Trinajstić information content (AvgIpc) is 3.20. The first kappa shape index (κ1) is 38.6. The van der Waals surface area contributed by atoms with Gasteiger partial charge in [0.2, 0.25) is 0 Å². The van der Waals surface area contributed by atoms with Crippen molar-refractivity contribution in [1.82, 2.24) is 0 Å². The van der Waals surface area contributed by atoms with Crippen molar-refractivity contribution < 1.29 is 45.6 Å². The molecule has 0 saturated carbocycles. The van der Waals surface area contributed by atoms with E-state index < -0.39 is 35.9 Å². The quantitative estimate of drug-likeness (QED) is 0.0551. The summed E-state index contributed by atoms with van der Waals surface area (Å²) in [5.41, 5.74) is 2.60. The van der Waals surface area contributed by atoms with E-state index in [4.69, 9.17) is 9.47 Å². The Hall–Kier alpha value is -6.72. The molecule has 0 aliphatic rings. The molecule has 7 aromatic carbocycles. The molecule has 0 radical (unpaired) electrons. The number of rotatable bonds is 11. The Morgan fingerprint density at radius 2 is 0.825 bits per heavy atom. The number of fused-ring (bicyclic) bond motifs is 2. The zero-order chi connectivity index (χ0) is 40.5. The van der Waals surface area contributed by atoms with E-state index in [1.807, 2.05) is 42.5 Å². The molecule has 0 fully saturated rings. The van der Waals surface area contributed by atoms with Gasteiger partial charge in [0.1, 0.15) is 44.0 Å². The molecule has 0 saturated heterocycles. The summed E-state index contributed by atoms with van der Waals surface area (Å²) in [7, 11) is -6.43. The van der Waals surface area contributed by atoms with E-state index in [-0.39, 0.29) is 55.8 Å². The monoisotopic (exact) mass is 804 g/mol. The second-order valence-electron chi connectivity index (χ2n) is 12.6. The van der Waals surface area contributed by atoms with Gasteiger partial charge >= 0.3 is 0 Å². The topological polar surface area (TPSA) is 217 Å². The zero-order valence-corrected chi connectivity index (χ0v) is 31.7. The van der Waals surface area contributed by atoms with Gasteiger partial charge in [0.15, 0.2) is 11.5 Å². The lowest BCUT2D eigenvalue weighted by Crippen LogP contribution is -2.04. The molecule has 14 nitrogen and oxygen atoms in total. The largest absolute Gasteiger partial charge is 0.505 e. The second-order valence-corrected chi connectivity index (χ2v) is 15.4. The first-order valence-electron chi connectivity index (χ1n) is 17.0. The molecule has 0 aromatic heterocycles. The van der Waals surface area contributed by atoms with Gasteiger partial charge in [-0.05, 0) is 53.1 Å². The van der Waals surface area contributed by atoms with E-state index in [2.05, 4.69) is 20.5 Å². The summed E-state index contributed by atoms with van der Waals surface area (Å²) in [6.07, 6.45) is 0. The normalized spacial score (nSPS) is 12.3. The molecule has 4 N–H and O–H groups in total. The summed E-state index contributed by atoms with van der Waals surface area (Å²) in [6.45, 7) is 0. The average molecular weight is 805 g/mol. The predicted octanol–water partition coefficient (Wildman–Crippen LogP) is 9.93.